The van der Waals surface area contributed by atoms with Crippen LogP contribution in [0.1, 0.15) is 21.6 Å². The van der Waals surface area contributed by atoms with Crippen LogP contribution >= 0.6 is 11.6 Å². The third kappa shape index (κ3) is 3.44. The topological polar surface area (TPSA) is 46.4 Å². The predicted octanol–water partition coefficient (Wildman–Crippen LogP) is 5.52. The lowest BCUT2D eigenvalue weighted by Gasteiger charge is -2.08. The van der Waals surface area contributed by atoms with E-state index in [1.807, 2.05) is 66.9 Å². The van der Waals surface area contributed by atoms with Gasteiger partial charge in [-0.25, -0.2) is 4.98 Å². The molecule has 0 bridgehead atoms. The molecule has 0 aliphatic heterocycles. The van der Waals surface area contributed by atoms with Gasteiger partial charge in [0, 0.05) is 22.5 Å². The number of anilines is 1. The molecule has 2 aromatic heterocycles. The molecular weight excluding hydrogens is 358 g/mol. The van der Waals surface area contributed by atoms with Gasteiger partial charge in [-0.05, 0) is 43.7 Å². The second-order valence-corrected chi connectivity index (χ2v) is 7.01. The molecule has 0 fully saturated rings. The minimum Gasteiger partial charge on any atom is -0.321 e. The molecule has 4 nitrogen and oxygen atoms in total. The van der Waals surface area contributed by atoms with E-state index in [1.54, 1.807) is 18.2 Å². The Morgan fingerprint density at radius 2 is 1.74 bits per heavy atom. The molecule has 0 radical (unpaired) electrons. The van der Waals surface area contributed by atoms with E-state index >= 15 is 0 Å². The molecule has 0 spiro atoms. The molecule has 0 saturated carbocycles. The van der Waals surface area contributed by atoms with Gasteiger partial charge in [0.2, 0.25) is 0 Å². The monoisotopic (exact) mass is 375 g/mol. The largest absolute Gasteiger partial charge is 0.321 e. The Hall–Kier alpha value is -3.11. The summed E-state index contributed by atoms with van der Waals surface area (Å²) >= 11 is 6.04. The van der Waals surface area contributed by atoms with Gasteiger partial charge in [0.05, 0.1) is 0 Å². The van der Waals surface area contributed by atoms with E-state index in [0.717, 1.165) is 22.3 Å². The lowest BCUT2D eigenvalue weighted by molar-refractivity contribution is 0.102. The number of amides is 1. The summed E-state index contributed by atoms with van der Waals surface area (Å²) in [5.74, 6) is -0.231. The van der Waals surface area contributed by atoms with Crippen LogP contribution in [0.2, 0.25) is 5.02 Å². The van der Waals surface area contributed by atoms with Crippen molar-refractivity contribution in [2.24, 2.45) is 0 Å². The minimum atomic E-state index is -0.231. The Balaban J connectivity index is 1.86. The number of benzene rings is 2. The van der Waals surface area contributed by atoms with Crippen molar-refractivity contribution >= 4 is 28.8 Å². The fourth-order valence-electron chi connectivity index (χ4n) is 3.04. The Morgan fingerprint density at radius 3 is 2.48 bits per heavy atom. The Kier molecular flexibility index (Phi) is 4.42. The van der Waals surface area contributed by atoms with Crippen LogP contribution in [0.25, 0.3) is 16.9 Å². The zero-order chi connectivity index (χ0) is 19.0. The van der Waals surface area contributed by atoms with Crippen molar-refractivity contribution in [1.29, 1.82) is 0 Å². The van der Waals surface area contributed by atoms with Gasteiger partial charge in [-0.3, -0.25) is 9.20 Å². The zero-order valence-electron chi connectivity index (χ0n) is 15.0. The highest BCUT2D eigenvalue weighted by Crippen LogP contribution is 2.26. The van der Waals surface area contributed by atoms with Crippen LogP contribution < -0.4 is 5.32 Å². The standard InChI is InChI=1S/C22H18ClN3O/c1-14-6-9-16(10-7-14)20-21(26-13-15(2)8-11-19(26)25-20)22(27)24-18-5-3-4-17(23)12-18/h3-13H,1-2H3,(H,24,27). The van der Waals surface area contributed by atoms with E-state index in [2.05, 4.69) is 5.32 Å². The van der Waals surface area contributed by atoms with Gasteiger partial charge in [0.15, 0.2) is 0 Å². The van der Waals surface area contributed by atoms with Crippen molar-refractivity contribution in [1.82, 2.24) is 9.38 Å². The zero-order valence-corrected chi connectivity index (χ0v) is 15.8. The first-order chi connectivity index (χ1) is 13.0. The van der Waals surface area contributed by atoms with Crippen LogP contribution in [0.4, 0.5) is 5.69 Å². The van der Waals surface area contributed by atoms with Crippen molar-refractivity contribution < 1.29 is 4.79 Å². The number of halogens is 1. The average molecular weight is 376 g/mol. The summed E-state index contributed by atoms with van der Waals surface area (Å²) in [6.07, 6.45) is 1.92. The highest BCUT2D eigenvalue weighted by molar-refractivity contribution is 6.31. The number of aryl methyl sites for hydroxylation is 2. The van der Waals surface area contributed by atoms with Crippen molar-refractivity contribution in [3.05, 3.63) is 88.7 Å². The molecule has 0 aliphatic carbocycles. The Bertz CT molecular complexity index is 1150. The van der Waals surface area contributed by atoms with Crippen molar-refractivity contribution in [3.8, 4) is 11.3 Å². The molecule has 1 N–H and O–H groups in total. The fourth-order valence-corrected chi connectivity index (χ4v) is 3.23. The summed E-state index contributed by atoms with van der Waals surface area (Å²) in [7, 11) is 0. The van der Waals surface area contributed by atoms with Crippen molar-refractivity contribution in [2.75, 3.05) is 5.32 Å². The first-order valence-corrected chi connectivity index (χ1v) is 9.02. The number of nitrogens with zero attached hydrogens (tertiary/aromatic N) is 2. The summed E-state index contributed by atoms with van der Waals surface area (Å²) < 4.78 is 1.84. The number of imidazole rings is 1. The highest BCUT2D eigenvalue weighted by atomic mass is 35.5. The highest BCUT2D eigenvalue weighted by Gasteiger charge is 2.21. The van der Waals surface area contributed by atoms with Gasteiger partial charge < -0.3 is 5.32 Å². The molecular formula is C22H18ClN3O. The van der Waals surface area contributed by atoms with Crippen molar-refractivity contribution in [2.45, 2.75) is 13.8 Å². The molecule has 134 valence electrons. The number of pyridine rings is 1. The third-order valence-corrected chi connectivity index (χ3v) is 4.62. The van der Waals surface area contributed by atoms with Crippen LogP contribution in [-0.4, -0.2) is 15.3 Å². The molecule has 0 saturated heterocycles. The van der Waals surface area contributed by atoms with Crippen LogP contribution in [0.3, 0.4) is 0 Å². The first kappa shape index (κ1) is 17.3. The van der Waals surface area contributed by atoms with Crippen LogP contribution in [0.15, 0.2) is 66.9 Å². The lowest BCUT2D eigenvalue weighted by atomic mass is 10.1. The van der Waals surface area contributed by atoms with E-state index in [-0.39, 0.29) is 5.91 Å². The van der Waals surface area contributed by atoms with Gasteiger partial charge in [-0.2, -0.15) is 0 Å². The number of rotatable bonds is 3. The molecule has 5 heteroatoms. The van der Waals surface area contributed by atoms with Crippen molar-refractivity contribution in [3.63, 3.8) is 0 Å². The molecule has 0 unspecified atom stereocenters. The second kappa shape index (κ2) is 6.89. The van der Waals surface area contributed by atoms with Crippen LogP contribution in [-0.2, 0) is 0 Å². The molecule has 27 heavy (non-hydrogen) atoms. The molecule has 2 heterocycles. The Morgan fingerprint density at radius 1 is 1.00 bits per heavy atom. The minimum absolute atomic E-state index is 0.231. The first-order valence-electron chi connectivity index (χ1n) is 8.64. The normalized spacial score (nSPS) is 10.9. The molecule has 2 aromatic carbocycles. The number of hydrogen-bond acceptors (Lipinski definition) is 2. The molecule has 0 atom stereocenters. The smallest absolute Gasteiger partial charge is 0.274 e. The lowest BCUT2D eigenvalue weighted by Crippen LogP contribution is -2.15. The van der Waals surface area contributed by atoms with E-state index in [1.165, 1.54) is 0 Å². The van der Waals surface area contributed by atoms with Gasteiger partial charge in [-0.1, -0.05) is 53.6 Å². The number of hydrogen-bond donors (Lipinski definition) is 1. The van der Waals surface area contributed by atoms with Gasteiger partial charge >= 0.3 is 0 Å². The number of carbonyl (C=O) groups is 1. The number of aromatic nitrogens is 2. The van der Waals surface area contributed by atoms with Crippen LogP contribution in [0, 0.1) is 13.8 Å². The fraction of sp³-hybridized carbons (Fsp3) is 0.0909. The van der Waals surface area contributed by atoms with E-state index in [9.17, 15) is 4.79 Å². The number of nitrogens with one attached hydrogen (secondary N) is 1. The third-order valence-electron chi connectivity index (χ3n) is 4.39. The maximum atomic E-state index is 13.2. The average Bonchev–Trinajstić information content (AvgIpc) is 3.01. The van der Waals surface area contributed by atoms with E-state index < -0.39 is 0 Å². The van der Waals surface area contributed by atoms with Gasteiger partial charge in [0.1, 0.15) is 17.0 Å². The van der Waals surface area contributed by atoms with E-state index in [4.69, 9.17) is 16.6 Å². The predicted molar refractivity (Wildman–Crippen MR) is 110 cm³/mol. The summed E-state index contributed by atoms with van der Waals surface area (Å²) in [5.41, 5.74) is 5.63. The SMILES string of the molecule is Cc1ccc(-c2nc3ccc(C)cn3c2C(=O)Nc2cccc(Cl)c2)cc1. The Labute approximate surface area is 162 Å². The maximum absolute atomic E-state index is 13.2. The molecule has 1 amide bonds. The number of fused-ring (bicyclic) bond motifs is 1. The van der Waals surface area contributed by atoms with Crippen LogP contribution in [0.5, 0.6) is 0 Å². The molecule has 0 aliphatic rings. The summed E-state index contributed by atoms with van der Waals surface area (Å²) in [5, 5.41) is 3.50. The summed E-state index contributed by atoms with van der Waals surface area (Å²) in [6.45, 7) is 4.02. The summed E-state index contributed by atoms with van der Waals surface area (Å²) in [6, 6.07) is 19.0. The molecule has 4 rings (SSSR count). The molecule has 4 aromatic rings. The second-order valence-electron chi connectivity index (χ2n) is 6.57. The van der Waals surface area contributed by atoms with Gasteiger partial charge in [-0.15, -0.1) is 0 Å². The van der Waals surface area contributed by atoms with Gasteiger partial charge in [0.25, 0.3) is 5.91 Å². The number of carbonyl (C=O) groups excluding carboxylic acids is 1. The van der Waals surface area contributed by atoms with E-state index in [0.29, 0.717) is 22.1 Å². The quantitative estimate of drug-likeness (QED) is 0.512. The summed E-state index contributed by atoms with van der Waals surface area (Å²) in [4.78, 5) is 17.9. The maximum Gasteiger partial charge on any atom is 0.274 e.